The summed E-state index contributed by atoms with van der Waals surface area (Å²) in [6.07, 6.45) is 5.14. The van der Waals surface area contributed by atoms with Crippen LogP contribution in [0.25, 0.3) is 0 Å². The molecule has 26 heavy (non-hydrogen) atoms. The molecule has 2 fully saturated rings. The van der Waals surface area contributed by atoms with E-state index in [1.54, 1.807) is 24.3 Å². The highest BCUT2D eigenvalue weighted by Crippen LogP contribution is 2.40. The molecule has 1 heterocycles. The van der Waals surface area contributed by atoms with Crippen LogP contribution in [0.5, 0.6) is 0 Å². The molecule has 3 rings (SSSR count). The predicted molar refractivity (Wildman–Crippen MR) is 103 cm³/mol. The fraction of sp³-hybridized carbons (Fsp3) is 0.600. The van der Waals surface area contributed by atoms with Gasteiger partial charge in [-0.3, -0.25) is 9.59 Å². The molecule has 1 aromatic carbocycles. The highest BCUT2D eigenvalue weighted by molar-refractivity contribution is 6.31. The number of hydrogen-bond donors (Lipinski definition) is 2. The molecule has 4 atom stereocenters. The SMILES string of the molecule is CNC(C)CNC(=O)C1CC2CCCCC2N1C(=O)c1cccc(Cl)c1. The maximum atomic E-state index is 13.2. The first-order valence-electron chi connectivity index (χ1n) is 9.54. The normalized spacial score (nSPS) is 26.3. The number of benzene rings is 1. The minimum atomic E-state index is -0.390. The van der Waals surface area contributed by atoms with Crippen LogP contribution in [0.3, 0.4) is 0 Å². The Morgan fingerprint density at radius 3 is 2.81 bits per heavy atom. The van der Waals surface area contributed by atoms with Gasteiger partial charge in [-0.25, -0.2) is 0 Å². The number of rotatable bonds is 5. The minimum Gasteiger partial charge on any atom is -0.353 e. The van der Waals surface area contributed by atoms with Crippen molar-refractivity contribution < 1.29 is 9.59 Å². The summed E-state index contributed by atoms with van der Waals surface area (Å²) in [4.78, 5) is 27.9. The van der Waals surface area contributed by atoms with Crippen LogP contribution < -0.4 is 10.6 Å². The third-order valence-electron chi connectivity index (χ3n) is 5.77. The van der Waals surface area contributed by atoms with Crippen molar-refractivity contribution >= 4 is 23.4 Å². The Morgan fingerprint density at radius 1 is 1.31 bits per heavy atom. The highest BCUT2D eigenvalue weighted by Gasteiger charge is 2.47. The number of carbonyl (C=O) groups excluding carboxylic acids is 2. The molecule has 2 amide bonds. The van der Waals surface area contributed by atoms with Crippen LogP contribution in [0.15, 0.2) is 24.3 Å². The van der Waals surface area contributed by atoms with Crippen LogP contribution >= 0.6 is 11.6 Å². The molecule has 0 bridgehead atoms. The van der Waals surface area contributed by atoms with Gasteiger partial charge in [0.25, 0.3) is 5.91 Å². The summed E-state index contributed by atoms with van der Waals surface area (Å²) in [6, 6.07) is 6.98. The summed E-state index contributed by atoms with van der Waals surface area (Å²) >= 11 is 6.08. The summed E-state index contributed by atoms with van der Waals surface area (Å²) in [6.45, 7) is 2.57. The number of nitrogens with one attached hydrogen (secondary N) is 2. The number of likely N-dealkylation sites (N-methyl/N-ethyl adjacent to an activating group) is 1. The Morgan fingerprint density at radius 2 is 2.08 bits per heavy atom. The van der Waals surface area contributed by atoms with Crippen LogP contribution in [-0.2, 0) is 4.79 Å². The first-order valence-corrected chi connectivity index (χ1v) is 9.92. The predicted octanol–water partition coefficient (Wildman–Crippen LogP) is 2.84. The summed E-state index contributed by atoms with van der Waals surface area (Å²) in [5, 5.41) is 6.67. The zero-order valence-electron chi connectivity index (χ0n) is 15.5. The van der Waals surface area contributed by atoms with E-state index in [1.807, 2.05) is 18.9 Å². The van der Waals surface area contributed by atoms with E-state index in [9.17, 15) is 9.59 Å². The molecule has 2 N–H and O–H groups in total. The van der Waals surface area contributed by atoms with Crippen molar-refractivity contribution in [2.75, 3.05) is 13.6 Å². The van der Waals surface area contributed by atoms with Gasteiger partial charge in [-0.15, -0.1) is 0 Å². The number of hydrogen-bond acceptors (Lipinski definition) is 3. The summed E-state index contributed by atoms with van der Waals surface area (Å²) < 4.78 is 0. The van der Waals surface area contributed by atoms with E-state index < -0.39 is 6.04 Å². The number of amides is 2. The second kappa shape index (κ2) is 8.40. The largest absolute Gasteiger partial charge is 0.353 e. The second-order valence-electron chi connectivity index (χ2n) is 7.52. The van der Waals surface area contributed by atoms with Gasteiger partial charge in [0.2, 0.25) is 5.91 Å². The Kier molecular flexibility index (Phi) is 6.20. The molecule has 142 valence electrons. The van der Waals surface area contributed by atoms with Crippen LogP contribution in [0.2, 0.25) is 5.02 Å². The smallest absolute Gasteiger partial charge is 0.254 e. The fourth-order valence-electron chi connectivity index (χ4n) is 4.23. The van der Waals surface area contributed by atoms with Gasteiger partial charge in [0.05, 0.1) is 0 Å². The van der Waals surface area contributed by atoms with Gasteiger partial charge in [0, 0.05) is 29.2 Å². The fourth-order valence-corrected chi connectivity index (χ4v) is 4.42. The lowest BCUT2D eigenvalue weighted by Crippen LogP contribution is -2.51. The zero-order valence-corrected chi connectivity index (χ0v) is 16.3. The van der Waals surface area contributed by atoms with E-state index in [0.29, 0.717) is 23.0 Å². The number of carbonyl (C=O) groups is 2. The Bertz CT molecular complexity index is 666. The molecule has 0 radical (unpaired) electrons. The van der Waals surface area contributed by atoms with Crippen molar-refractivity contribution in [1.29, 1.82) is 0 Å². The maximum absolute atomic E-state index is 13.2. The topological polar surface area (TPSA) is 61.4 Å². The molecule has 2 aliphatic rings. The zero-order chi connectivity index (χ0) is 18.7. The van der Waals surface area contributed by atoms with Crippen molar-refractivity contribution in [2.45, 2.75) is 57.2 Å². The first-order chi connectivity index (χ1) is 12.5. The molecule has 1 saturated carbocycles. The maximum Gasteiger partial charge on any atom is 0.254 e. The van der Waals surface area contributed by atoms with Crippen molar-refractivity contribution in [2.24, 2.45) is 5.92 Å². The lowest BCUT2D eigenvalue weighted by molar-refractivity contribution is -0.125. The molecular formula is C20H28ClN3O2. The van der Waals surface area contributed by atoms with Crippen molar-refractivity contribution in [1.82, 2.24) is 15.5 Å². The first kappa shape index (κ1) is 19.2. The number of nitrogens with zero attached hydrogens (tertiary/aromatic N) is 1. The van der Waals surface area contributed by atoms with Gasteiger partial charge in [0.15, 0.2) is 0 Å². The lowest BCUT2D eigenvalue weighted by Gasteiger charge is -2.33. The van der Waals surface area contributed by atoms with E-state index in [-0.39, 0.29) is 23.9 Å². The van der Waals surface area contributed by atoms with Crippen LogP contribution in [-0.4, -0.2) is 48.4 Å². The van der Waals surface area contributed by atoms with E-state index in [0.717, 1.165) is 25.7 Å². The van der Waals surface area contributed by atoms with Gasteiger partial charge in [-0.1, -0.05) is 30.5 Å². The van der Waals surface area contributed by atoms with E-state index >= 15 is 0 Å². The molecule has 5 nitrogen and oxygen atoms in total. The molecule has 1 saturated heterocycles. The third-order valence-corrected chi connectivity index (χ3v) is 6.01. The molecule has 6 heteroatoms. The van der Waals surface area contributed by atoms with Gasteiger partial charge in [-0.05, 0) is 57.4 Å². The number of halogens is 1. The quantitative estimate of drug-likeness (QED) is 0.829. The van der Waals surface area contributed by atoms with Crippen molar-refractivity contribution in [3.05, 3.63) is 34.9 Å². The molecule has 1 aromatic rings. The molecule has 0 spiro atoms. The van der Waals surface area contributed by atoms with E-state index in [1.165, 1.54) is 6.42 Å². The van der Waals surface area contributed by atoms with E-state index in [4.69, 9.17) is 11.6 Å². The van der Waals surface area contributed by atoms with Gasteiger partial charge < -0.3 is 15.5 Å². The molecule has 1 aliphatic heterocycles. The minimum absolute atomic E-state index is 0.0446. The van der Waals surface area contributed by atoms with Gasteiger partial charge in [0.1, 0.15) is 6.04 Å². The molecule has 4 unspecified atom stereocenters. The van der Waals surface area contributed by atoms with Gasteiger partial charge >= 0.3 is 0 Å². The Balaban J connectivity index is 1.82. The van der Waals surface area contributed by atoms with Crippen LogP contribution in [0, 0.1) is 5.92 Å². The van der Waals surface area contributed by atoms with Crippen LogP contribution in [0.4, 0.5) is 0 Å². The Labute approximate surface area is 160 Å². The molecule has 0 aromatic heterocycles. The number of fused-ring (bicyclic) bond motifs is 1. The monoisotopic (exact) mass is 377 g/mol. The van der Waals surface area contributed by atoms with Crippen molar-refractivity contribution in [3.63, 3.8) is 0 Å². The standard InChI is InChI=1S/C20H28ClN3O2/c1-13(22-2)12-23-19(25)18-11-14-6-3-4-9-17(14)24(18)20(26)15-7-5-8-16(21)10-15/h5,7-8,10,13-14,17-18,22H,3-4,6,9,11-12H2,1-2H3,(H,23,25). The Hall–Kier alpha value is -1.59. The molecule has 1 aliphatic carbocycles. The summed E-state index contributed by atoms with van der Waals surface area (Å²) in [5.41, 5.74) is 0.560. The van der Waals surface area contributed by atoms with Crippen LogP contribution in [0.1, 0.15) is 49.4 Å². The summed E-state index contributed by atoms with van der Waals surface area (Å²) in [5.74, 6) is 0.296. The molecular weight excluding hydrogens is 350 g/mol. The van der Waals surface area contributed by atoms with E-state index in [2.05, 4.69) is 10.6 Å². The lowest BCUT2D eigenvalue weighted by atomic mass is 9.84. The highest BCUT2D eigenvalue weighted by atomic mass is 35.5. The average molecular weight is 378 g/mol. The second-order valence-corrected chi connectivity index (χ2v) is 7.96. The third kappa shape index (κ3) is 4.04. The van der Waals surface area contributed by atoms with Gasteiger partial charge in [-0.2, -0.15) is 0 Å². The average Bonchev–Trinajstić information content (AvgIpc) is 3.04. The number of likely N-dealkylation sites (tertiary alicyclic amines) is 1. The summed E-state index contributed by atoms with van der Waals surface area (Å²) in [7, 11) is 1.87. The van der Waals surface area contributed by atoms with Crippen molar-refractivity contribution in [3.8, 4) is 0 Å².